The van der Waals surface area contributed by atoms with E-state index in [-0.39, 0.29) is 23.3 Å². The molecule has 0 atom stereocenters. The number of anilines is 2. The number of nitrogens with one attached hydrogen (secondary N) is 2. The van der Waals surface area contributed by atoms with E-state index in [4.69, 9.17) is 4.42 Å². The van der Waals surface area contributed by atoms with Gasteiger partial charge in [-0.1, -0.05) is 11.8 Å². The van der Waals surface area contributed by atoms with E-state index in [1.165, 1.54) is 18.7 Å². The first kappa shape index (κ1) is 20.9. The quantitative estimate of drug-likeness (QED) is 0.434. The van der Waals surface area contributed by atoms with Gasteiger partial charge in [-0.25, -0.2) is 4.79 Å². The maximum absolute atomic E-state index is 12.6. The molecule has 8 nitrogen and oxygen atoms in total. The molecule has 9 heteroatoms. The summed E-state index contributed by atoms with van der Waals surface area (Å²) in [7, 11) is 0. The van der Waals surface area contributed by atoms with Crippen molar-refractivity contribution in [2.24, 2.45) is 0 Å². The minimum absolute atomic E-state index is 0.147. The van der Waals surface area contributed by atoms with Gasteiger partial charge >= 0.3 is 5.69 Å². The van der Waals surface area contributed by atoms with Gasteiger partial charge in [0.25, 0.3) is 0 Å². The van der Waals surface area contributed by atoms with Gasteiger partial charge in [0.15, 0.2) is 0 Å². The van der Waals surface area contributed by atoms with Gasteiger partial charge < -0.3 is 15.1 Å². The van der Waals surface area contributed by atoms with Crippen molar-refractivity contribution in [2.75, 3.05) is 16.4 Å². The summed E-state index contributed by atoms with van der Waals surface area (Å²) in [6, 6.07) is 10.5. The Morgan fingerprint density at radius 1 is 1.13 bits per heavy atom. The van der Waals surface area contributed by atoms with Gasteiger partial charge in [-0.2, -0.15) is 4.98 Å². The summed E-state index contributed by atoms with van der Waals surface area (Å²) in [5.74, 6) is 0.515. The van der Waals surface area contributed by atoms with E-state index in [2.05, 4.69) is 15.6 Å². The Morgan fingerprint density at radius 3 is 2.55 bits per heavy atom. The Morgan fingerprint density at radius 2 is 1.87 bits per heavy atom. The van der Waals surface area contributed by atoms with Crippen molar-refractivity contribution in [1.29, 1.82) is 0 Å². The van der Waals surface area contributed by atoms with E-state index >= 15 is 0 Å². The van der Waals surface area contributed by atoms with E-state index in [0.717, 1.165) is 30.5 Å². The van der Waals surface area contributed by atoms with E-state index in [9.17, 15) is 14.4 Å². The third-order valence-corrected chi connectivity index (χ3v) is 5.94. The molecule has 2 heterocycles. The molecule has 0 saturated carbocycles. The standard InChI is InChI=1S/C22H22N4O4S/c1-14(27)23-15-7-9-16(10-8-15)24-20(28)13-31-21-18-5-2-6-19(18)26(22(29)25-21)12-17-4-3-11-30-17/h3-4,7-11H,2,5-6,12-13H2,1H3,(H,23,27)(H,24,28). The average Bonchev–Trinajstić information content (AvgIpc) is 3.42. The lowest BCUT2D eigenvalue weighted by Gasteiger charge is -2.13. The highest BCUT2D eigenvalue weighted by atomic mass is 32.2. The molecule has 3 aromatic rings. The number of carbonyl (C=O) groups is 2. The number of aromatic nitrogens is 2. The SMILES string of the molecule is CC(=O)Nc1ccc(NC(=O)CSc2nc(=O)n(Cc3ccco3)c3c2CCC3)cc1. The molecule has 0 spiro atoms. The molecule has 0 bridgehead atoms. The monoisotopic (exact) mass is 438 g/mol. The molecule has 0 aliphatic heterocycles. The van der Waals surface area contributed by atoms with Crippen LogP contribution in [0.3, 0.4) is 0 Å². The van der Waals surface area contributed by atoms with Crippen LogP contribution in [0.15, 0.2) is 56.9 Å². The second kappa shape index (κ2) is 9.22. The molecule has 0 radical (unpaired) electrons. The van der Waals surface area contributed by atoms with Crippen molar-refractivity contribution in [1.82, 2.24) is 9.55 Å². The van der Waals surface area contributed by atoms with Gasteiger partial charge in [0.2, 0.25) is 11.8 Å². The Kier molecular flexibility index (Phi) is 6.22. The molecular weight excluding hydrogens is 416 g/mol. The lowest BCUT2D eigenvalue weighted by molar-refractivity contribution is -0.114. The molecule has 160 valence electrons. The molecule has 1 aliphatic rings. The first-order chi connectivity index (χ1) is 15.0. The minimum atomic E-state index is -0.325. The summed E-state index contributed by atoms with van der Waals surface area (Å²) in [5, 5.41) is 6.13. The molecule has 0 fully saturated rings. The first-order valence-corrected chi connectivity index (χ1v) is 10.9. The summed E-state index contributed by atoms with van der Waals surface area (Å²) < 4.78 is 7.05. The van der Waals surface area contributed by atoms with Gasteiger partial charge in [0.1, 0.15) is 10.8 Å². The van der Waals surface area contributed by atoms with Gasteiger partial charge in [0, 0.05) is 29.6 Å². The molecule has 2 aromatic heterocycles. The van der Waals surface area contributed by atoms with Crippen LogP contribution in [0.5, 0.6) is 0 Å². The Balaban J connectivity index is 1.42. The van der Waals surface area contributed by atoms with Crippen molar-refractivity contribution in [3.8, 4) is 0 Å². The fraction of sp³-hybridized carbons (Fsp3) is 0.273. The normalized spacial score (nSPS) is 12.4. The van der Waals surface area contributed by atoms with Crippen molar-refractivity contribution in [2.45, 2.75) is 37.8 Å². The predicted octanol–water partition coefficient (Wildman–Crippen LogP) is 3.06. The number of furan rings is 1. The zero-order valence-electron chi connectivity index (χ0n) is 17.0. The van der Waals surface area contributed by atoms with Crippen LogP contribution < -0.4 is 16.3 Å². The lowest BCUT2D eigenvalue weighted by Crippen LogP contribution is -2.28. The van der Waals surface area contributed by atoms with Crippen LogP contribution in [0.1, 0.15) is 30.4 Å². The largest absolute Gasteiger partial charge is 0.467 e. The zero-order valence-corrected chi connectivity index (χ0v) is 17.8. The highest BCUT2D eigenvalue weighted by Crippen LogP contribution is 2.29. The van der Waals surface area contributed by atoms with E-state index in [0.29, 0.717) is 28.7 Å². The van der Waals surface area contributed by atoms with Crippen LogP contribution in [0, 0.1) is 0 Å². The van der Waals surface area contributed by atoms with Gasteiger partial charge in [-0.05, 0) is 55.7 Å². The summed E-state index contributed by atoms with van der Waals surface area (Å²) in [4.78, 5) is 40.4. The minimum Gasteiger partial charge on any atom is -0.467 e. The third kappa shape index (κ3) is 5.05. The zero-order chi connectivity index (χ0) is 21.8. The van der Waals surface area contributed by atoms with Gasteiger partial charge in [-0.15, -0.1) is 0 Å². The van der Waals surface area contributed by atoms with Crippen molar-refractivity contribution < 1.29 is 14.0 Å². The summed E-state index contributed by atoms with van der Waals surface area (Å²) in [6.45, 7) is 1.80. The third-order valence-electron chi connectivity index (χ3n) is 4.92. The first-order valence-electron chi connectivity index (χ1n) is 9.95. The number of nitrogens with zero attached hydrogens (tertiary/aromatic N) is 2. The molecular formula is C22H22N4O4S. The second-order valence-corrected chi connectivity index (χ2v) is 8.20. The maximum atomic E-state index is 12.6. The number of amides is 2. The van der Waals surface area contributed by atoms with Crippen molar-refractivity contribution in [3.05, 3.63) is 70.2 Å². The Hall–Kier alpha value is -3.33. The second-order valence-electron chi connectivity index (χ2n) is 7.24. The van der Waals surface area contributed by atoms with E-state index < -0.39 is 0 Å². The summed E-state index contributed by atoms with van der Waals surface area (Å²) in [5.41, 5.74) is 2.99. The fourth-order valence-corrected chi connectivity index (χ4v) is 4.47. The van der Waals surface area contributed by atoms with E-state index in [1.807, 2.05) is 6.07 Å². The van der Waals surface area contributed by atoms with Crippen molar-refractivity contribution in [3.63, 3.8) is 0 Å². The molecule has 0 saturated heterocycles. The maximum Gasteiger partial charge on any atom is 0.349 e. The highest BCUT2D eigenvalue weighted by molar-refractivity contribution is 8.00. The topological polar surface area (TPSA) is 106 Å². The molecule has 31 heavy (non-hydrogen) atoms. The van der Waals surface area contributed by atoms with Crippen LogP contribution >= 0.6 is 11.8 Å². The molecule has 1 aromatic carbocycles. The van der Waals surface area contributed by atoms with Gasteiger partial charge in [-0.3, -0.25) is 14.2 Å². The van der Waals surface area contributed by atoms with E-state index in [1.54, 1.807) is 41.2 Å². The highest BCUT2D eigenvalue weighted by Gasteiger charge is 2.23. The van der Waals surface area contributed by atoms with Crippen LogP contribution in [0.4, 0.5) is 11.4 Å². The molecule has 2 amide bonds. The van der Waals surface area contributed by atoms with Gasteiger partial charge in [0.05, 0.1) is 18.6 Å². The molecule has 0 unspecified atom stereocenters. The van der Waals surface area contributed by atoms with Crippen LogP contribution in [0.25, 0.3) is 0 Å². The summed E-state index contributed by atoms with van der Waals surface area (Å²) in [6.07, 6.45) is 4.20. The number of hydrogen-bond donors (Lipinski definition) is 2. The fourth-order valence-electron chi connectivity index (χ4n) is 3.60. The van der Waals surface area contributed by atoms with Crippen LogP contribution in [-0.4, -0.2) is 27.1 Å². The van der Waals surface area contributed by atoms with Crippen LogP contribution in [-0.2, 0) is 29.0 Å². The number of benzene rings is 1. The number of rotatable bonds is 7. The number of fused-ring (bicyclic) bond motifs is 1. The summed E-state index contributed by atoms with van der Waals surface area (Å²) >= 11 is 1.28. The molecule has 1 aliphatic carbocycles. The number of hydrogen-bond acceptors (Lipinski definition) is 6. The van der Waals surface area contributed by atoms with Crippen molar-refractivity contribution >= 4 is 35.0 Å². The van der Waals surface area contributed by atoms with Crippen LogP contribution in [0.2, 0.25) is 0 Å². The molecule has 2 N–H and O–H groups in total. The smallest absolute Gasteiger partial charge is 0.349 e. The Bertz CT molecular complexity index is 1150. The lowest BCUT2D eigenvalue weighted by atomic mass is 10.2. The average molecular weight is 439 g/mol. The predicted molar refractivity (Wildman–Crippen MR) is 118 cm³/mol. The Labute approximate surface area is 183 Å². The number of thioether (sulfide) groups is 1. The number of carbonyl (C=O) groups excluding carboxylic acids is 2. The molecule has 4 rings (SSSR count).